The third-order valence-electron chi connectivity index (χ3n) is 14.6. The molecule has 1 aliphatic rings. The minimum Gasteiger partial charge on any atom is -0.454 e. The minimum atomic E-state index is -0.488. The van der Waals surface area contributed by atoms with Crippen LogP contribution >= 0.6 is 0 Å². The maximum atomic E-state index is 6.82. The van der Waals surface area contributed by atoms with Crippen LogP contribution in [-0.4, -0.2) is 4.57 Å². The number of hydrogen-bond acceptors (Lipinski definition) is 2. The van der Waals surface area contributed by atoms with E-state index in [1.54, 1.807) is 0 Å². The third kappa shape index (κ3) is 6.88. The lowest BCUT2D eigenvalue weighted by atomic mass is 9.73. The lowest BCUT2D eigenvalue weighted by molar-refractivity contribution is 0.669. The molecule has 70 heavy (non-hydrogen) atoms. The van der Waals surface area contributed by atoms with E-state index < -0.39 is 5.41 Å². The van der Waals surface area contributed by atoms with E-state index in [-0.39, 0.29) is 0 Å². The first-order valence-electron chi connectivity index (χ1n) is 24.3. The summed E-state index contributed by atoms with van der Waals surface area (Å²) in [6.07, 6.45) is 8.45. The number of benzene rings is 9. The van der Waals surface area contributed by atoms with Crippen LogP contribution in [0.4, 0.5) is 17.1 Å². The van der Waals surface area contributed by atoms with E-state index in [9.17, 15) is 0 Å². The van der Waals surface area contributed by atoms with Crippen molar-refractivity contribution in [1.29, 1.82) is 0 Å². The fourth-order valence-electron chi connectivity index (χ4n) is 11.2. The average molecular weight is 901 g/mol. The molecule has 0 fully saturated rings. The molecule has 0 bridgehead atoms. The Kier molecular flexibility index (Phi) is 10.4. The van der Waals surface area contributed by atoms with Crippen molar-refractivity contribution in [2.75, 3.05) is 4.90 Å². The molecule has 9 aromatic carbocycles. The molecule has 1 unspecified atom stereocenters. The summed E-state index contributed by atoms with van der Waals surface area (Å²) in [7, 11) is 0. The Balaban J connectivity index is 1.04. The zero-order valence-corrected chi connectivity index (χ0v) is 39.9. The molecular formula is C67H52N2O. The van der Waals surface area contributed by atoms with Gasteiger partial charge in [-0.25, -0.2) is 0 Å². The first-order valence-corrected chi connectivity index (χ1v) is 24.3. The van der Waals surface area contributed by atoms with E-state index in [1.807, 2.05) is 19.1 Å². The Hall–Kier alpha value is -8.66. The standard InChI is InChI=1S/C67H52N2O/c1-6-19-44(3)68-45(4)55(20-7-2)60-42-49(33-38-63(60)68)48-31-34-53(35-32-48)69(64-29-18-27-59-58-26-15-17-30-65(58)70-66(59)64)54-36-37-57-56-25-14-16-28-61(56)67(5,62(57)43-54)52-40-50(46-21-10-8-11-22-46)39-51(41-52)47-23-12-9-13-24-47/h6-43H,3H2,1-2,4-5H3. The monoisotopic (exact) mass is 900 g/mol. The second-order valence-corrected chi connectivity index (χ2v) is 18.6. The van der Waals surface area contributed by atoms with Crippen molar-refractivity contribution in [3.05, 3.63) is 259 Å². The molecule has 0 N–H and O–H groups in total. The second-order valence-electron chi connectivity index (χ2n) is 18.6. The van der Waals surface area contributed by atoms with Gasteiger partial charge in [0.25, 0.3) is 0 Å². The predicted molar refractivity (Wildman–Crippen MR) is 297 cm³/mol. The van der Waals surface area contributed by atoms with Crippen LogP contribution in [0.1, 0.15) is 48.7 Å². The number of para-hydroxylation sites is 2. The first-order chi connectivity index (χ1) is 34.3. The SMILES string of the molecule is C=C(C=CC)n1c(C)c(C=CC)c2cc(-c3ccc(N(c4ccc5c(c4)C(C)(c4cc(-c6ccccc6)cc(-c6ccccc6)c4)c4ccccc4-5)c4cccc5c4oc4ccccc45)cc3)ccc21. The van der Waals surface area contributed by atoms with Crippen LogP contribution in [-0.2, 0) is 5.41 Å². The van der Waals surface area contributed by atoms with Crippen molar-refractivity contribution >= 4 is 61.7 Å². The molecule has 0 radical (unpaired) electrons. The summed E-state index contributed by atoms with van der Waals surface area (Å²) >= 11 is 0. The highest BCUT2D eigenvalue weighted by atomic mass is 16.3. The summed E-state index contributed by atoms with van der Waals surface area (Å²) in [4.78, 5) is 2.39. The summed E-state index contributed by atoms with van der Waals surface area (Å²) < 4.78 is 9.08. The van der Waals surface area contributed by atoms with Crippen LogP contribution in [0.3, 0.4) is 0 Å². The fraction of sp³-hybridized carbons (Fsp3) is 0.0746. The van der Waals surface area contributed by atoms with Gasteiger partial charge in [0.2, 0.25) is 0 Å². The number of furan rings is 1. The Labute approximate surface area is 410 Å². The van der Waals surface area contributed by atoms with Crippen molar-refractivity contribution in [2.45, 2.75) is 33.1 Å². The summed E-state index contributed by atoms with van der Waals surface area (Å²) in [6, 6.07) is 75.5. The van der Waals surface area contributed by atoms with Gasteiger partial charge >= 0.3 is 0 Å². The molecule has 2 aromatic heterocycles. The van der Waals surface area contributed by atoms with E-state index >= 15 is 0 Å². The van der Waals surface area contributed by atoms with Gasteiger partial charge in [-0.15, -0.1) is 0 Å². The highest BCUT2D eigenvalue weighted by Crippen LogP contribution is 2.55. The highest BCUT2D eigenvalue weighted by Gasteiger charge is 2.42. The fourth-order valence-corrected chi connectivity index (χ4v) is 11.2. The van der Waals surface area contributed by atoms with E-state index in [0.29, 0.717) is 0 Å². The lowest BCUT2D eigenvalue weighted by Crippen LogP contribution is -2.23. The Bertz CT molecular complexity index is 3830. The van der Waals surface area contributed by atoms with Crippen LogP contribution < -0.4 is 4.90 Å². The van der Waals surface area contributed by atoms with Crippen molar-refractivity contribution in [3.8, 4) is 44.5 Å². The van der Waals surface area contributed by atoms with Crippen molar-refractivity contribution in [3.63, 3.8) is 0 Å². The maximum absolute atomic E-state index is 6.82. The topological polar surface area (TPSA) is 21.3 Å². The number of aromatic nitrogens is 1. The van der Waals surface area contributed by atoms with Gasteiger partial charge in [-0.1, -0.05) is 164 Å². The summed E-state index contributed by atoms with van der Waals surface area (Å²) in [5, 5.41) is 3.39. The van der Waals surface area contributed by atoms with Crippen molar-refractivity contribution < 1.29 is 4.42 Å². The largest absolute Gasteiger partial charge is 0.454 e. The van der Waals surface area contributed by atoms with Crippen LogP contribution in [0.2, 0.25) is 0 Å². The van der Waals surface area contributed by atoms with E-state index in [2.05, 4.69) is 255 Å². The van der Waals surface area contributed by atoms with E-state index in [0.717, 1.165) is 61.3 Å². The van der Waals surface area contributed by atoms with Crippen LogP contribution in [0.15, 0.2) is 235 Å². The summed E-state index contributed by atoms with van der Waals surface area (Å²) in [5.41, 5.74) is 22.2. The Morgan fingerprint density at radius 3 is 1.89 bits per heavy atom. The Morgan fingerprint density at radius 1 is 0.529 bits per heavy atom. The number of fused-ring (bicyclic) bond motifs is 7. The second kappa shape index (κ2) is 17.1. The highest BCUT2D eigenvalue weighted by molar-refractivity contribution is 6.10. The average Bonchev–Trinajstić information content (AvgIpc) is 4.02. The van der Waals surface area contributed by atoms with Gasteiger partial charge in [0.15, 0.2) is 5.58 Å². The lowest BCUT2D eigenvalue weighted by Gasteiger charge is -2.31. The Morgan fingerprint density at radius 2 is 1.16 bits per heavy atom. The molecule has 0 saturated heterocycles. The molecule has 3 nitrogen and oxygen atoms in total. The van der Waals surface area contributed by atoms with Crippen molar-refractivity contribution in [1.82, 2.24) is 4.57 Å². The molecule has 0 aliphatic heterocycles. The van der Waals surface area contributed by atoms with Crippen LogP contribution in [0, 0.1) is 6.92 Å². The normalized spacial score (nSPS) is 14.3. The van der Waals surface area contributed by atoms with Gasteiger partial charge in [-0.3, -0.25) is 0 Å². The molecule has 11 aromatic rings. The molecule has 336 valence electrons. The van der Waals surface area contributed by atoms with Crippen LogP contribution in [0.25, 0.3) is 89.1 Å². The molecule has 0 amide bonds. The smallest absolute Gasteiger partial charge is 0.159 e. The number of allylic oxidation sites excluding steroid dienone is 4. The summed E-state index contributed by atoms with van der Waals surface area (Å²) in [5.74, 6) is 0. The zero-order chi connectivity index (χ0) is 47.5. The molecule has 0 saturated carbocycles. The quantitative estimate of drug-likeness (QED) is 0.128. The van der Waals surface area contributed by atoms with Crippen molar-refractivity contribution in [2.24, 2.45) is 0 Å². The number of hydrogen-bond donors (Lipinski definition) is 0. The maximum Gasteiger partial charge on any atom is 0.159 e. The zero-order valence-electron chi connectivity index (χ0n) is 39.9. The minimum absolute atomic E-state index is 0.488. The number of nitrogens with zero attached hydrogens (tertiary/aromatic N) is 2. The van der Waals surface area contributed by atoms with Gasteiger partial charge in [-0.05, 0) is 162 Å². The van der Waals surface area contributed by atoms with Gasteiger partial charge in [-0.2, -0.15) is 0 Å². The third-order valence-corrected chi connectivity index (χ3v) is 14.6. The van der Waals surface area contributed by atoms with Gasteiger partial charge < -0.3 is 13.9 Å². The van der Waals surface area contributed by atoms with E-state index in [4.69, 9.17) is 4.42 Å². The van der Waals surface area contributed by atoms with Gasteiger partial charge in [0.05, 0.1) is 11.2 Å². The molecule has 0 spiro atoms. The summed E-state index contributed by atoms with van der Waals surface area (Å²) in [6.45, 7) is 13.1. The van der Waals surface area contributed by atoms with E-state index in [1.165, 1.54) is 66.7 Å². The molecule has 2 heterocycles. The number of rotatable bonds is 10. The number of anilines is 3. The van der Waals surface area contributed by atoms with Gasteiger partial charge in [0.1, 0.15) is 5.58 Å². The van der Waals surface area contributed by atoms with Crippen LogP contribution in [0.5, 0.6) is 0 Å². The first kappa shape index (κ1) is 42.7. The van der Waals surface area contributed by atoms with Gasteiger partial charge in [0, 0.05) is 49.9 Å². The molecule has 1 atom stereocenters. The molecule has 3 heteroatoms. The molecule has 1 aliphatic carbocycles. The predicted octanol–water partition coefficient (Wildman–Crippen LogP) is 18.7. The molecule has 12 rings (SSSR count). The molecular weight excluding hydrogens is 849 g/mol.